The van der Waals surface area contributed by atoms with E-state index in [9.17, 15) is 0 Å². The first kappa shape index (κ1) is 23.8. The lowest BCUT2D eigenvalue weighted by molar-refractivity contribution is -0.00613. The maximum absolute atomic E-state index is 6.29. The van der Waals surface area contributed by atoms with Crippen molar-refractivity contribution in [1.82, 2.24) is 0 Å². The third-order valence-electron chi connectivity index (χ3n) is 10.5. The van der Waals surface area contributed by atoms with E-state index in [2.05, 4.69) is 82.3 Å². The van der Waals surface area contributed by atoms with E-state index >= 15 is 0 Å². The summed E-state index contributed by atoms with van der Waals surface area (Å²) < 4.78 is 18.6. The van der Waals surface area contributed by atoms with Gasteiger partial charge in [-0.2, -0.15) is 0 Å². The summed E-state index contributed by atoms with van der Waals surface area (Å²) in [6.45, 7) is 8.42. The molecular formula is C33H39BO3. The predicted octanol–water partition coefficient (Wildman–Crippen LogP) is 7.28. The van der Waals surface area contributed by atoms with Gasteiger partial charge in [0.15, 0.2) is 0 Å². The first-order chi connectivity index (χ1) is 17.6. The van der Waals surface area contributed by atoms with Gasteiger partial charge in [-0.15, -0.1) is 0 Å². The molecular weight excluding hydrogens is 455 g/mol. The number of hydrogen-bond donors (Lipinski definition) is 0. The topological polar surface area (TPSA) is 27.7 Å². The summed E-state index contributed by atoms with van der Waals surface area (Å²) in [6.07, 6.45) is 8.41. The molecule has 0 unspecified atom stereocenters. The van der Waals surface area contributed by atoms with Crippen LogP contribution in [-0.4, -0.2) is 25.4 Å². The van der Waals surface area contributed by atoms with Crippen LogP contribution in [0.25, 0.3) is 21.9 Å². The molecule has 5 fully saturated rings. The average Bonchev–Trinajstić information content (AvgIpc) is 3.08. The third-order valence-corrected chi connectivity index (χ3v) is 10.5. The molecule has 0 N–H and O–H groups in total. The minimum absolute atomic E-state index is 0.310. The van der Waals surface area contributed by atoms with Gasteiger partial charge in [-0.3, -0.25) is 0 Å². The van der Waals surface area contributed by atoms with Crippen molar-refractivity contribution in [2.45, 2.75) is 82.8 Å². The summed E-state index contributed by atoms with van der Waals surface area (Å²) in [5.41, 5.74) is 4.74. The van der Waals surface area contributed by atoms with Crippen LogP contribution in [0.4, 0.5) is 0 Å². The maximum atomic E-state index is 6.29. The molecule has 0 radical (unpaired) electrons. The quantitative estimate of drug-likeness (QED) is 0.357. The molecule has 4 bridgehead atoms. The number of methoxy groups -OCH3 is 1. The zero-order valence-electron chi connectivity index (χ0n) is 23.0. The smallest absolute Gasteiger partial charge is 0.494 e. The van der Waals surface area contributed by atoms with Crippen molar-refractivity contribution in [3.05, 3.63) is 60.2 Å². The van der Waals surface area contributed by atoms with Gasteiger partial charge in [0.1, 0.15) is 5.75 Å². The molecule has 4 aliphatic carbocycles. The van der Waals surface area contributed by atoms with Crippen LogP contribution in [-0.2, 0) is 14.7 Å². The molecule has 1 aliphatic heterocycles. The number of rotatable bonds is 4. The standard InChI is InChI=1S/C33H39BO3/c1-31(2)32(3,4)37-34(36-31)28-10-8-25-15-24(6-7-26(25)16-28)27-9-11-30(35-5)29(17-27)33-18-21-12-22(19-33)14-23(13-21)20-33/h6-11,15-17,21-23H,12-14,18-20H2,1-5H3. The second-order valence-corrected chi connectivity index (χ2v) is 13.5. The zero-order valence-corrected chi connectivity index (χ0v) is 23.0. The van der Waals surface area contributed by atoms with E-state index < -0.39 is 0 Å². The molecule has 0 spiro atoms. The van der Waals surface area contributed by atoms with Gasteiger partial charge in [0, 0.05) is 5.56 Å². The van der Waals surface area contributed by atoms with Gasteiger partial charge in [-0.25, -0.2) is 0 Å². The summed E-state index contributed by atoms with van der Waals surface area (Å²) in [6, 6.07) is 20.3. The van der Waals surface area contributed by atoms with Gasteiger partial charge in [0.25, 0.3) is 0 Å². The molecule has 0 amide bonds. The monoisotopic (exact) mass is 494 g/mol. The molecule has 37 heavy (non-hydrogen) atoms. The summed E-state index contributed by atoms with van der Waals surface area (Å²) in [5, 5.41) is 2.45. The molecule has 192 valence electrons. The predicted molar refractivity (Wildman–Crippen MR) is 152 cm³/mol. The Kier molecular flexibility index (Phi) is 5.21. The van der Waals surface area contributed by atoms with Crippen molar-refractivity contribution >= 4 is 23.4 Å². The SMILES string of the molecule is COc1ccc(-c2ccc3cc(B4OC(C)(C)C(C)(C)O4)ccc3c2)cc1C12CC3CC(CC(C3)C1)C2. The molecule has 3 aromatic rings. The molecule has 0 atom stereocenters. The van der Waals surface area contributed by atoms with Crippen LogP contribution in [0.3, 0.4) is 0 Å². The van der Waals surface area contributed by atoms with Crippen LogP contribution in [0.5, 0.6) is 5.75 Å². The van der Waals surface area contributed by atoms with Gasteiger partial charge >= 0.3 is 7.12 Å². The molecule has 5 aliphatic rings. The lowest BCUT2D eigenvalue weighted by Gasteiger charge is -2.57. The second kappa shape index (κ2) is 8.10. The van der Waals surface area contributed by atoms with Gasteiger partial charge < -0.3 is 14.0 Å². The highest BCUT2D eigenvalue weighted by Gasteiger charge is 2.53. The van der Waals surface area contributed by atoms with Crippen LogP contribution in [0.2, 0.25) is 0 Å². The number of ether oxygens (including phenoxy) is 1. The lowest BCUT2D eigenvalue weighted by atomic mass is 9.48. The van der Waals surface area contributed by atoms with Gasteiger partial charge in [-0.1, -0.05) is 36.4 Å². The Morgan fingerprint density at radius 1 is 0.703 bits per heavy atom. The minimum Gasteiger partial charge on any atom is -0.496 e. The minimum atomic E-state index is -0.335. The molecule has 8 rings (SSSR count). The highest BCUT2D eigenvalue weighted by atomic mass is 16.7. The number of benzene rings is 3. The first-order valence-electron chi connectivity index (χ1n) is 14.2. The number of hydrogen-bond acceptors (Lipinski definition) is 3. The van der Waals surface area contributed by atoms with Crippen molar-refractivity contribution in [3.8, 4) is 16.9 Å². The first-order valence-corrected chi connectivity index (χ1v) is 14.2. The number of fused-ring (bicyclic) bond motifs is 1. The molecule has 1 heterocycles. The van der Waals surface area contributed by atoms with Crippen LogP contribution in [0.15, 0.2) is 54.6 Å². The van der Waals surface area contributed by atoms with E-state index in [1.807, 2.05) is 7.11 Å². The summed E-state index contributed by atoms with van der Waals surface area (Å²) >= 11 is 0. The summed E-state index contributed by atoms with van der Waals surface area (Å²) in [4.78, 5) is 0. The third kappa shape index (κ3) is 3.78. The normalized spacial score (nSPS) is 31.3. The van der Waals surface area contributed by atoms with Gasteiger partial charge in [-0.05, 0) is 135 Å². The van der Waals surface area contributed by atoms with E-state index in [1.54, 1.807) is 0 Å². The Labute approximate surface area is 222 Å². The van der Waals surface area contributed by atoms with Gasteiger partial charge in [0.2, 0.25) is 0 Å². The highest BCUT2D eigenvalue weighted by Crippen LogP contribution is 2.62. The molecule has 3 aromatic carbocycles. The lowest BCUT2D eigenvalue weighted by Crippen LogP contribution is -2.48. The van der Waals surface area contributed by atoms with Crippen molar-refractivity contribution in [3.63, 3.8) is 0 Å². The van der Waals surface area contributed by atoms with Crippen LogP contribution >= 0.6 is 0 Å². The Morgan fingerprint density at radius 2 is 1.24 bits per heavy atom. The Morgan fingerprint density at radius 3 is 1.86 bits per heavy atom. The molecule has 1 saturated heterocycles. The molecule has 4 saturated carbocycles. The van der Waals surface area contributed by atoms with E-state index in [1.165, 1.54) is 66.0 Å². The van der Waals surface area contributed by atoms with E-state index in [4.69, 9.17) is 14.0 Å². The van der Waals surface area contributed by atoms with Crippen molar-refractivity contribution in [1.29, 1.82) is 0 Å². The molecule has 0 aromatic heterocycles. The Hall–Kier alpha value is -2.30. The van der Waals surface area contributed by atoms with Crippen molar-refractivity contribution in [2.24, 2.45) is 17.8 Å². The van der Waals surface area contributed by atoms with E-state index in [0.29, 0.717) is 5.41 Å². The summed E-state index contributed by atoms with van der Waals surface area (Å²) in [7, 11) is 1.51. The maximum Gasteiger partial charge on any atom is 0.494 e. The van der Waals surface area contributed by atoms with Crippen LogP contribution in [0.1, 0.15) is 71.8 Å². The largest absolute Gasteiger partial charge is 0.496 e. The molecule has 4 heteroatoms. The zero-order chi connectivity index (χ0) is 25.6. The fraction of sp³-hybridized carbons (Fsp3) is 0.515. The average molecular weight is 494 g/mol. The Balaban J connectivity index is 1.22. The van der Waals surface area contributed by atoms with Crippen molar-refractivity contribution in [2.75, 3.05) is 7.11 Å². The Bertz CT molecular complexity index is 1320. The fourth-order valence-electron chi connectivity index (χ4n) is 8.31. The van der Waals surface area contributed by atoms with Crippen molar-refractivity contribution < 1.29 is 14.0 Å². The second-order valence-electron chi connectivity index (χ2n) is 13.5. The highest BCUT2D eigenvalue weighted by molar-refractivity contribution is 6.62. The summed E-state index contributed by atoms with van der Waals surface area (Å²) in [5.74, 6) is 3.83. The van der Waals surface area contributed by atoms with Crippen LogP contribution < -0.4 is 10.2 Å². The van der Waals surface area contributed by atoms with E-state index in [-0.39, 0.29) is 18.3 Å². The fourth-order valence-corrected chi connectivity index (χ4v) is 8.31. The van der Waals surface area contributed by atoms with E-state index in [0.717, 1.165) is 29.0 Å². The molecule has 3 nitrogen and oxygen atoms in total. The van der Waals surface area contributed by atoms with Gasteiger partial charge in [0.05, 0.1) is 18.3 Å². The van der Waals surface area contributed by atoms with Crippen LogP contribution in [0, 0.1) is 17.8 Å².